The summed E-state index contributed by atoms with van der Waals surface area (Å²) in [7, 11) is 4.89. The zero-order chi connectivity index (χ0) is 21.5. The van der Waals surface area contributed by atoms with Crippen LogP contribution in [0.3, 0.4) is 0 Å². The van der Waals surface area contributed by atoms with Crippen molar-refractivity contribution in [3.8, 4) is 17.2 Å². The highest BCUT2D eigenvalue weighted by molar-refractivity contribution is 5.95. The van der Waals surface area contributed by atoms with E-state index in [9.17, 15) is 4.79 Å². The maximum absolute atomic E-state index is 13.2. The molecule has 0 aliphatic heterocycles. The molecule has 0 aliphatic carbocycles. The summed E-state index contributed by atoms with van der Waals surface area (Å²) in [5, 5.41) is 0. The summed E-state index contributed by atoms with van der Waals surface area (Å²) in [6, 6.07) is 23.1. The summed E-state index contributed by atoms with van der Waals surface area (Å²) in [5.74, 6) is 1.25. The van der Waals surface area contributed by atoms with Crippen LogP contribution >= 0.6 is 0 Å². The highest BCUT2D eigenvalue weighted by Gasteiger charge is 2.23. The van der Waals surface area contributed by atoms with E-state index in [2.05, 4.69) is 0 Å². The molecule has 0 heterocycles. The minimum atomic E-state index is -0.127. The summed E-state index contributed by atoms with van der Waals surface area (Å²) in [6.07, 6.45) is 0. The molecular formula is C25H27NO4. The third-order valence-electron chi connectivity index (χ3n) is 5.12. The topological polar surface area (TPSA) is 48.0 Å². The molecular weight excluding hydrogens is 378 g/mol. The molecule has 0 aliphatic rings. The maximum atomic E-state index is 13.2. The molecule has 0 saturated heterocycles. The highest BCUT2D eigenvalue weighted by atomic mass is 16.5. The first-order chi connectivity index (χ1) is 14.5. The van der Waals surface area contributed by atoms with Crippen LogP contribution in [0.25, 0.3) is 0 Å². The van der Waals surface area contributed by atoms with Crippen LogP contribution < -0.4 is 14.2 Å². The summed E-state index contributed by atoms with van der Waals surface area (Å²) >= 11 is 0. The largest absolute Gasteiger partial charge is 0.493 e. The lowest BCUT2D eigenvalue weighted by Crippen LogP contribution is -2.29. The van der Waals surface area contributed by atoms with Gasteiger partial charge in [-0.1, -0.05) is 60.7 Å². The second kappa shape index (κ2) is 9.83. The van der Waals surface area contributed by atoms with E-state index in [0.29, 0.717) is 29.4 Å². The average Bonchev–Trinajstić information content (AvgIpc) is 2.81. The van der Waals surface area contributed by atoms with Crippen molar-refractivity contribution < 1.29 is 19.0 Å². The van der Waals surface area contributed by atoms with E-state index in [1.807, 2.05) is 67.6 Å². The van der Waals surface area contributed by atoms with Crippen molar-refractivity contribution in [3.63, 3.8) is 0 Å². The Labute approximate surface area is 177 Å². The van der Waals surface area contributed by atoms with Crippen molar-refractivity contribution in [2.24, 2.45) is 0 Å². The van der Waals surface area contributed by atoms with Crippen molar-refractivity contribution in [3.05, 3.63) is 89.5 Å². The highest BCUT2D eigenvalue weighted by Crippen LogP contribution is 2.39. The number of carbonyl (C=O) groups is 1. The van der Waals surface area contributed by atoms with Crippen LogP contribution in [0.2, 0.25) is 0 Å². The first-order valence-corrected chi connectivity index (χ1v) is 9.80. The lowest BCUT2D eigenvalue weighted by atomic mass is 10.1. The van der Waals surface area contributed by atoms with Gasteiger partial charge in [0.2, 0.25) is 5.75 Å². The Kier molecular flexibility index (Phi) is 6.96. The number of nitrogens with zero attached hydrogens (tertiary/aromatic N) is 1. The van der Waals surface area contributed by atoms with E-state index in [0.717, 1.165) is 11.1 Å². The Morgan fingerprint density at radius 1 is 0.900 bits per heavy atom. The monoisotopic (exact) mass is 405 g/mol. The number of amides is 1. The molecule has 30 heavy (non-hydrogen) atoms. The van der Waals surface area contributed by atoms with Crippen LogP contribution in [0.4, 0.5) is 0 Å². The number of ether oxygens (including phenoxy) is 3. The van der Waals surface area contributed by atoms with Crippen LogP contribution in [0.5, 0.6) is 17.2 Å². The van der Waals surface area contributed by atoms with Gasteiger partial charge in [-0.3, -0.25) is 4.79 Å². The predicted octanol–water partition coefficient (Wildman–Crippen LogP) is 5.12. The Hall–Kier alpha value is -3.47. The van der Waals surface area contributed by atoms with Crippen LogP contribution in [0.15, 0.2) is 72.8 Å². The number of carbonyl (C=O) groups excluding carboxylic acids is 1. The standard InChI is InChI=1S/C25H27NO4/c1-18(20-13-9-6-10-14-20)26(2)25(27)21-15-22(28-3)24(23(16-21)29-4)30-17-19-11-7-5-8-12-19/h5-16,18H,17H2,1-4H3. The van der Waals surface area contributed by atoms with E-state index >= 15 is 0 Å². The van der Waals surface area contributed by atoms with Crippen molar-refractivity contribution in [2.45, 2.75) is 19.6 Å². The van der Waals surface area contributed by atoms with Crippen LogP contribution in [-0.4, -0.2) is 32.1 Å². The van der Waals surface area contributed by atoms with Gasteiger partial charge in [0.15, 0.2) is 11.5 Å². The molecule has 5 heteroatoms. The van der Waals surface area contributed by atoms with Crippen molar-refractivity contribution in [1.29, 1.82) is 0 Å². The van der Waals surface area contributed by atoms with Gasteiger partial charge in [0.05, 0.1) is 20.3 Å². The van der Waals surface area contributed by atoms with Gasteiger partial charge in [-0.2, -0.15) is 0 Å². The fourth-order valence-corrected chi connectivity index (χ4v) is 3.21. The second-order valence-corrected chi connectivity index (χ2v) is 6.99. The number of rotatable bonds is 8. The van der Waals surface area contributed by atoms with Gasteiger partial charge in [-0.25, -0.2) is 0 Å². The smallest absolute Gasteiger partial charge is 0.254 e. The molecule has 0 radical (unpaired) electrons. The Morgan fingerprint density at radius 3 is 1.97 bits per heavy atom. The van der Waals surface area contributed by atoms with Gasteiger partial charge in [-0.05, 0) is 30.2 Å². The van der Waals surface area contributed by atoms with Crippen molar-refractivity contribution >= 4 is 5.91 Å². The normalized spacial score (nSPS) is 11.5. The number of methoxy groups -OCH3 is 2. The number of benzene rings is 3. The van der Waals surface area contributed by atoms with Crippen LogP contribution in [0, 0.1) is 0 Å². The van der Waals surface area contributed by atoms with Crippen LogP contribution in [0.1, 0.15) is 34.5 Å². The van der Waals surface area contributed by atoms with Gasteiger partial charge < -0.3 is 19.1 Å². The molecule has 0 fully saturated rings. The molecule has 1 amide bonds. The molecule has 0 bridgehead atoms. The third-order valence-corrected chi connectivity index (χ3v) is 5.12. The van der Waals surface area contributed by atoms with E-state index in [1.54, 1.807) is 38.3 Å². The summed E-state index contributed by atoms with van der Waals surface area (Å²) in [5.41, 5.74) is 2.56. The lowest BCUT2D eigenvalue weighted by Gasteiger charge is -2.26. The van der Waals surface area contributed by atoms with E-state index in [4.69, 9.17) is 14.2 Å². The zero-order valence-corrected chi connectivity index (χ0v) is 17.8. The lowest BCUT2D eigenvalue weighted by molar-refractivity contribution is 0.0741. The predicted molar refractivity (Wildman–Crippen MR) is 117 cm³/mol. The SMILES string of the molecule is COc1cc(C(=O)N(C)C(C)c2ccccc2)cc(OC)c1OCc1ccccc1. The number of hydrogen-bond acceptors (Lipinski definition) is 4. The first kappa shape index (κ1) is 21.2. The zero-order valence-electron chi connectivity index (χ0n) is 17.8. The molecule has 0 aromatic heterocycles. The van der Waals surface area contributed by atoms with Gasteiger partial charge in [0.1, 0.15) is 6.61 Å². The summed E-state index contributed by atoms with van der Waals surface area (Å²) < 4.78 is 17.0. The maximum Gasteiger partial charge on any atom is 0.254 e. The van der Waals surface area contributed by atoms with E-state index in [-0.39, 0.29) is 11.9 Å². The van der Waals surface area contributed by atoms with Crippen molar-refractivity contribution in [1.82, 2.24) is 4.90 Å². The average molecular weight is 405 g/mol. The minimum absolute atomic E-state index is 0.0790. The molecule has 0 N–H and O–H groups in total. The molecule has 3 aromatic carbocycles. The van der Waals surface area contributed by atoms with E-state index in [1.165, 1.54) is 0 Å². The van der Waals surface area contributed by atoms with Crippen LogP contribution in [-0.2, 0) is 6.61 Å². The molecule has 3 rings (SSSR count). The second-order valence-electron chi connectivity index (χ2n) is 6.99. The molecule has 156 valence electrons. The summed E-state index contributed by atoms with van der Waals surface area (Å²) in [6.45, 7) is 2.37. The quantitative estimate of drug-likeness (QED) is 0.522. The molecule has 1 atom stereocenters. The Balaban J connectivity index is 1.85. The number of hydrogen-bond donors (Lipinski definition) is 0. The fourth-order valence-electron chi connectivity index (χ4n) is 3.21. The Bertz CT molecular complexity index is 948. The van der Waals surface area contributed by atoms with Gasteiger partial charge >= 0.3 is 0 Å². The fraction of sp³-hybridized carbons (Fsp3) is 0.240. The van der Waals surface area contributed by atoms with Gasteiger partial charge in [-0.15, -0.1) is 0 Å². The summed E-state index contributed by atoms with van der Waals surface area (Å²) in [4.78, 5) is 14.9. The molecule has 1 unspecified atom stereocenters. The first-order valence-electron chi connectivity index (χ1n) is 9.80. The Morgan fingerprint density at radius 2 is 1.43 bits per heavy atom. The van der Waals surface area contributed by atoms with Crippen molar-refractivity contribution in [2.75, 3.05) is 21.3 Å². The molecule has 5 nitrogen and oxygen atoms in total. The molecule has 0 spiro atoms. The van der Waals surface area contributed by atoms with E-state index < -0.39 is 0 Å². The molecule has 3 aromatic rings. The third kappa shape index (κ3) is 4.74. The van der Waals surface area contributed by atoms with Gasteiger partial charge in [0, 0.05) is 12.6 Å². The molecule has 0 saturated carbocycles. The van der Waals surface area contributed by atoms with Gasteiger partial charge in [0.25, 0.3) is 5.91 Å². The minimum Gasteiger partial charge on any atom is -0.493 e.